The summed E-state index contributed by atoms with van der Waals surface area (Å²) in [5, 5.41) is 10.5. The van der Waals surface area contributed by atoms with Gasteiger partial charge in [0, 0.05) is 19.2 Å². The van der Waals surface area contributed by atoms with Gasteiger partial charge < -0.3 is 10.6 Å². The number of hydrogen-bond donors (Lipinski definition) is 3. The van der Waals surface area contributed by atoms with Crippen LogP contribution in [0.4, 0.5) is 0 Å². The summed E-state index contributed by atoms with van der Waals surface area (Å²) in [6.45, 7) is 2.57. The normalized spacial score (nSPS) is 12.4. The maximum atomic E-state index is 12.3. The Balaban J connectivity index is 1.88. The first-order valence-corrected chi connectivity index (χ1v) is 10.6. The van der Waals surface area contributed by atoms with Gasteiger partial charge in [0.05, 0.1) is 17.5 Å². The molecule has 0 fully saturated rings. The topological polar surface area (TPSA) is 122 Å². The molecule has 29 heavy (non-hydrogen) atoms. The molecule has 0 unspecified atom stereocenters. The Hall–Kier alpha value is -2.75. The number of carbonyl (C=O) groups excluding carboxylic acids is 2. The van der Waals surface area contributed by atoms with E-state index in [4.69, 9.17) is 5.14 Å². The molecule has 0 radical (unpaired) electrons. The Morgan fingerprint density at radius 1 is 1.07 bits per heavy atom. The smallest absolute Gasteiger partial charge is 0.251 e. The zero-order valence-corrected chi connectivity index (χ0v) is 17.5. The van der Waals surface area contributed by atoms with Crippen LogP contribution in [0.15, 0.2) is 53.4 Å². The molecular formula is C20H26N4O4S. The Kier molecular flexibility index (Phi) is 7.49. The molecule has 4 N–H and O–H groups in total. The number of amides is 2. The third kappa shape index (κ3) is 6.67. The Morgan fingerprint density at radius 3 is 2.17 bits per heavy atom. The molecule has 0 aromatic heterocycles. The van der Waals surface area contributed by atoms with Crippen LogP contribution in [0, 0.1) is 0 Å². The number of sulfonamides is 1. The van der Waals surface area contributed by atoms with E-state index in [2.05, 4.69) is 10.6 Å². The van der Waals surface area contributed by atoms with Crippen molar-refractivity contribution in [1.82, 2.24) is 15.5 Å². The van der Waals surface area contributed by atoms with Crippen LogP contribution in [0.5, 0.6) is 0 Å². The zero-order valence-electron chi connectivity index (χ0n) is 16.7. The van der Waals surface area contributed by atoms with Gasteiger partial charge in [0.15, 0.2) is 0 Å². The average Bonchev–Trinajstić information content (AvgIpc) is 2.67. The lowest BCUT2D eigenvalue weighted by Gasteiger charge is -2.19. The first-order chi connectivity index (χ1) is 13.6. The summed E-state index contributed by atoms with van der Waals surface area (Å²) in [7, 11) is -0.327. The first-order valence-electron chi connectivity index (χ1n) is 9.02. The van der Waals surface area contributed by atoms with Gasteiger partial charge in [-0.15, -0.1) is 0 Å². The second-order valence-corrected chi connectivity index (χ2v) is 8.41. The van der Waals surface area contributed by atoms with Crippen molar-refractivity contribution in [2.75, 3.05) is 20.6 Å². The Labute approximate surface area is 171 Å². The van der Waals surface area contributed by atoms with E-state index in [1.165, 1.54) is 12.1 Å². The van der Waals surface area contributed by atoms with Gasteiger partial charge in [0.1, 0.15) is 0 Å². The van der Waals surface area contributed by atoms with Crippen molar-refractivity contribution >= 4 is 21.8 Å². The van der Waals surface area contributed by atoms with Gasteiger partial charge in [-0.3, -0.25) is 14.5 Å². The molecule has 156 valence electrons. The second kappa shape index (κ2) is 9.64. The Bertz CT molecular complexity index is 957. The number of nitrogens with zero attached hydrogens (tertiary/aromatic N) is 1. The van der Waals surface area contributed by atoms with Gasteiger partial charge in [-0.2, -0.15) is 0 Å². The lowest BCUT2D eigenvalue weighted by molar-refractivity contribution is -0.122. The Morgan fingerprint density at radius 2 is 1.66 bits per heavy atom. The van der Waals surface area contributed by atoms with Crippen molar-refractivity contribution in [3.05, 3.63) is 65.2 Å². The number of nitrogens with one attached hydrogen (secondary N) is 2. The van der Waals surface area contributed by atoms with E-state index in [9.17, 15) is 18.0 Å². The molecule has 0 spiro atoms. The van der Waals surface area contributed by atoms with Gasteiger partial charge in [0.25, 0.3) is 5.91 Å². The number of nitrogens with two attached hydrogens (primary N) is 1. The van der Waals surface area contributed by atoms with Crippen LogP contribution >= 0.6 is 0 Å². The van der Waals surface area contributed by atoms with E-state index < -0.39 is 10.0 Å². The van der Waals surface area contributed by atoms with Crippen LogP contribution in [-0.2, 0) is 21.4 Å². The molecule has 0 aliphatic heterocycles. The number of hydrogen-bond acceptors (Lipinski definition) is 5. The summed E-state index contributed by atoms with van der Waals surface area (Å²) in [5.41, 5.74) is 2.34. The summed E-state index contributed by atoms with van der Waals surface area (Å²) in [6.07, 6.45) is 0. The molecule has 2 aromatic carbocycles. The van der Waals surface area contributed by atoms with Crippen LogP contribution in [0.2, 0.25) is 0 Å². The van der Waals surface area contributed by atoms with Crippen molar-refractivity contribution in [1.29, 1.82) is 0 Å². The van der Waals surface area contributed by atoms with Crippen LogP contribution in [0.1, 0.15) is 34.5 Å². The molecule has 2 rings (SSSR count). The lowest BCUT2D eigenvalue weighted by atomic mass is 10.1. The van der Waals surface area contributed by atoms with E-state index in [0.29, 0.717) is 12.1 Å². The third-order valence-electron chi connectivity index (χ3n) is 4.40. The quantitative estimate of drug-likeness (QED) is 0.590. The van der Waals surface area contributed by atoms with E-state index in [1.54, 1.807) is 31.3 Å². The summed E-state index contributed by atoms with van der Waals surface area (Å²) in [6, 6.07) is 13.0. The number of primary sulfonamides is 1. The standard InChI is InChI=1S/C20H26N4O4S/c1-14(16-8-10-18(11-9-16)29(21,27)28)23-19(25)13-24(3)12-15-4-6-17(7-5-15)20(26)22-2/h4-11,14H,12-13H2,1-3H3,(H,22,26)(H,23,25)(H2,21,27,28)/t14-/m1/s1. The average molecular weight is 419 g/mol. The highest BCUT2D eigenvalue weighted by atomic mass is 32.2. The summed E-state index contributed by atoms with van der Waals surface area (Å²) >= 11 is 0. The van der Waals surface area contributed by atoms with Gasteiger partial charge in [-0.05, 0) is 49.4 Å². The molecular weight excluding hydrogens is 392 g/mol. The highest BCUT2D eigenvalue weighted by Gasteiger charge is 2.14. The molecule has 0 bridgehead atoms. The van der Waals surface area contributed by atoms with Gasteiger partial charge in [0.2, 0.25) is 15.9 Å². The predicted molar refractivity (Wildman–Crippen MR) is 111 cm³/mol. The number of benzene rings is 2. The summed E-state index contributed by atoms with van der Waals surface area (Å²) in [5.74, 6) is -0.298. The molecule has 9 heteroatoms. The van der Waals surface area contributed by atoms with Crippen molar-refractivity contribution in [2.24, 2.45) is 5.14 Å². The van der Waals surface area contributed by atoms with Gasteiger partial charge >= 0.3 is 0 Å². The van der Waals surface area contributed by atoms with Crippen molar-refractivity contribution in [3.8, 4) is 0 Å². The molecule has 0 saturated heterocycles. The summed E-state index contributed by atoms with van der Waals surface area (Å²) in [4.78, 5) is 25.8. The largest absolute Gasteiger partial charge is 0.355 e. The lowest BCUT2D eigenvalue weighted by Crippen LogP contribution is -2.36. The van der Waals surface area contributed by atoms with Crippen LogP contribution in [0.25, 0.3) is 0 Å². The minimum absolute atomic E-state index is 0.0296. The number of likely N-dealkylation sites (N-methyl/N-ethyl adjacent to an activating group) is 1. The molecule has 1 atom stereocenters. The van der Waals surface area contributed by atoms with Crippen LogP contribution in [0.3, 0.4) is 0 Å². The molecule has 0 saturated carbocycles. The fourth-order valence-corrected chi connectivity index (χ4v) is 3.35. The van der Waals surface area contributed by atoms with Gasteiger partial charge in [-0.1, -0.05) is 24.3 Å². The first kappa shape index (κ1) is 22.5. The SMILES string of the molecule is CNC(=O)c1ccc(CN(C)CC(=O)N[C@H](C)c2ccc(S(N)(=O)=O)cc2)cc1. The van der Waals surface area contributed by atoms with E-state index in [-0.39, 0.29) is 29.3 Å². The third-order valence-corrected chi connectivity index (χ3v) is 5.32. The van der Waals surface area contributed by atoms with Crippen molar-refractivity contribution < 1.29 is 18.0 Å². The minimum Gasteiger partial charge on any atom is -0.355 e. The fourth-order valence-electron chi connectivity index (χ4n) is 2.84. The van der Waals surface area contributed by atoms with E-state index in [1.807, 2.05) is 31.0 Å². The van der Waals surface area contributed by atoms with Crippen LogP contribution < -0.4 is 15.8 Å². The molecule has 0 aliphatic carbocycles. The molecule has 2 amide bonds. The highest BCUT2D eigenvalue weighted by molar-refractivity contribution is 7.89. The zero-order chi connectivity index (χ0) is 21.6. The maximum absolute atomic E-state index is 12.3. The second-order valence-electron chi connectivity index (χ2n) is 6.85. The molecule has 8 nitrogen and oxygen atoms in total. The van der Waals surface area contributed by atoms with E-state index in [0.717, 1.165) is 11.1 Å². The maximum Gasteiger partial charge on any atom is 0.251 e. The predicted octanol–water partition coefficient (Wildman–Crippen LogP) is 1.00. The molecule has 0 aliphatic rings. The fraction of sp³-hybridized carbons (Fsp3) is 0.300. The monoisotopic (exact) mass is 418 g/mol. The van der Waals surface area contributed by atoms with Gasteiger partial charge in [-0.25, -0.2) is 13.6 Å². The van der Waals surface area contributed by atoms with Crippen molar-refractivity contribution in [2.45, 2.75) is 24.4 Å². The minimum atomic E-state index is -3.74. The number of rotatable bonds is 8. The van der Waals surface area contributed by atoms with Crippen molar-refractivity contribution in [3.63, 3.8) is 0 Å². The highest BCUT2D eigenvalue weighted by Crippen LogP contribution is 2.15. The summed E-state index contributed by atoms with van der Waals surface area (Å²) < 4.78 is 22.6. The van der Waals surface area contributed by atoms with E-state index >= 15 is 0 Å². The molecule has 2 aromatic rings. The molecule has 0 heterocycles. The number of carbonyl (C=O) groups is 2. The van der Waals surface area contributed by atoms with Crippen LogP contribution in [-0.4, -0.2) is 45.8 Å².